The van der Waals surface area contributed by atoms with E-state index in [-0.39, 0.29) is 6.10 Å². The van der Waals surface area contributed by atoms with Gasteiger partial charge < -0.3 is 9.84 Å². The zero-order valence-electron chi connectivity index (χ0n) is 11.8. The average Bonchev–Trinajstić information content (AvgIpc) is 2.93. The summed E-state index contributed by atoms with van der Waals surface area (Å²) in [5, 5.41) is 14.1. The first-order valence-corrected chi connectivity index (χ1v) is 7.80. The first-order chi connectivity index (χ1) is 9.20. The second-order valence-corrected chi connectivity index (χ2v) is 5.96. The lowest BCUT2D eigenvalue weighted by Crippen LogP contribution is -2.49. The second kappa shape index (κ2) is 7.36. The fraction of sp³-hybridized carbons (Fsp3) is 0.714. The summed E-state index contributed by atoms with van der Waals surface area (Å²) in [7, 11) is 1.63. The Bertz CT molecular complexity index is 350. The van der Waals surface area contributed by atoms with Crippen LogP contribution < -0.4 is 0 Å². The molecule has 1 fully saturated rings. The largest absolute Gasteiger partial charge is 0.389 e. The Morgan fingerprint density at radius 2 is 2.11 bits per heavy atom. The standard InChI is InChI=1S/C14H24N2O2S/c1-12(13-3-8-19-11-13)16-6-4-15(5-7-16)9-14(17)10-18-2/h3,8,11-12,14,17H,4-7,9-10H2,1-2H3/t12-,14+/m0/s1. The van der Waals surface area contributed by atoms with E-state index in [2.05, 4.69) is 33.6 Å². The Labute approximate surface area is 119 Å². The summed E-state index contributed by atoms with van der Waals surface area (Å²) in [6.07, 6.45) is -0.370. The number of thiophene rings is 1. The molecule has 0 bridgehead atoms. The Morgan fingerprint density at radius 1 is 1.37 bits per heavy atom. The molecular weight excluding hydrogens is 260 g/mol. The van der Waals surface area contributed by atoms with Crippen LogP contribution in [0.3, 0.4) is 0 Å². The Morgan fingerprint density at radius 3 is 2.68 bits per heavy atom. The SMILES string of the molecule is COC[C@H](O)CN1CCN([C@@H](C)c2ccsc2)CC1. The molecule has 5 heteroatoms. The van der Waals surface area contributed by atoms with Gasteiger partial charge in [0.25, 0.3) is 0 Å². The van der Waals surface area contributed by atoms with E-state index in [1.165, 1.54) is 5.56 Å². The molecule has 1 aliphatic heterocycles. The van der Waals surface area contributed by atoms with Gasteiger partial charge in [-0.2, -0.15) is 11.3 Å². The predicted octanol–water partition coefficient (Wildman–Crippen LogP) is 1.43. The van der Waals surface area contributed by atoms with Crippen molar-refractivity contribution in [1.82, 2.24) is 9.80 Å². The Hall–Kier alpha value is -0.460. The smallest absolute Gasteiger partial charge is 0.0900 e. The quantitative estimate of drug-likeness (QED) is 0.857. The van der Waals surface area contributed by atoms with Crippen molar-refractivity contribution in [2.24, 2.45) is 0 Å². The van der Waals surface area contributed by atoms with Crippen LogP contribution in [0.15, 0.2) is 16.8 Å². The predicted molar refractivity (Wildman–Crippen MR) is 78.6 cm³/mol. The van der Waals surface area contributed by atoms with Gasteiger partial charge in [-0.15, -0.1) is 0 Å². The van der Waals surface area contributed by atoms with E-state index in [1.807, 2.05) is 0 Å². The van der Waals surface area contributed by atoms with Crippen LogP contribution in [0.1, 0.15) is 18.5 Å². The highest BCUT2D eigenvalue weighted by Gasteiger charge is 2.23. The van der Waals surface area contributed by atoms with Crippen molar-refractivity contribution in [1.29, 1.82) is 0 Å². The molecule has 0 spiro atoms. The van der Waals surface area contributed by atoms with Crippen LogP contribution in [0.4, 0.5) is 0 Å². The fourth-order valence-corrected chi connectivity index (χ4v) is 3.35. The van der Waals surface area contributed by atoms with E-state index in [1.54, 1.807) is 18.4 Å². The van der Waals surface area contributed by atoms with Crippen LogP contribution in [0.25, 0.3) is 0 Å². The molecule has 1 aliphatic rings. The molecule has 0 aliphatic carbocycles. The van der Waals surface area contributed by atoms with Crippen molar-refractivity contribution in [2.75, 3.05) is 46.4 Å². The molecule has 1 N–H and O–H groups in total. The third kappa shape index (κ3) is 4.26. The minimum atomic E-state index is -0.370. The summed E-state index contributed by atoms with van der Waals surface area (Å²) in [5.41, 5.74) is 1.41. The molecule has 0 saturated carbocycles. The molecule has 2 heterocycles. The number of aliphatic hydroxyl groups excluding tert-OH is 1. The highest BCUT2D eigenvalue weighted by Crippen LogP contribution is 2.23. The van der Waals surface area contributed by atoms with Crippen molar-refractivity contribution in [2.45, 2.75) is 19.1 Å². The zero-order chi connectivity index (χ0) is 13.7. The zero-order valence-corrected chi connectivity index (χ0v) is 12.6. The van der Waals surface area contributed by atoms with Gasteiger partial charge in [0.05, 0.1) is 12.7 Å². The number of piperazine rings is 1. The summed E-state index contributed by atoms with van der Waals surface area (Å²) < 4.78 is 4.97. The maximum absolute atomic E-state index is 9.75. The van der Waals surface area contributed by atoms with Crippen LogP contribution in [-0.2, 0) is 4.74 Å². The van der Waals surface area contributed by atoms with Crippen LogP contribution in [-0.4, -0.2) is 67.5 Å². The average molecular weight is 284 g/mol. The maximum atomic E-state index is 9.75. The lowest BCUT2D eigenvalue weighted by atomic mass is 10.1. The van der Waals surface area contributed by atoms with Crippen LogP contribution in [0, 0.1) is 0 Å². The molecule has 0 unspecified atom stereocenters. The second-order valence-electron chi connectivity index (χ2n) is 5.18. The van der Waals surface area contributed by atoms with E-state index in [0.29, 0.717) is 19.2 Å². The molecule has 1 aromatic heterocycles. The molecule has 1 aromatic rings. The van der Waals surface area contributed by atoms with E-state index in [4.69, 9.17) is 4.74 Å². The molecular formula is C14H24N2O2S. The summed E-state index contributed by atoms with van der Waals surface area (Å²) >= 11 is 1.76. The number of rotatable bonds is 6. The van der Waals surface area contributed by atoms with E-state index >= 15 is 0 Å². The normalized spacial score (nSPS) is 21.4. The number of hydrogen-bond donors (Lipinski definition) is 1. The monoisotopic (exact) mass is 284 g/mol. The molecule has 19 heavy (non-hydrogen) atoms. The molecule has 2 rings (SSSR count). The highest BCUT2D eigenvalue weighted by atomic mass is 32.1. The van der Waals surface area contributed by atoms with Crippen molar-refractivity contribution in [3.8, 4) is 0 Å². The van der Waals surface area contributed by atoms with Crippen LogP contribution in [0.2, 0.25) is 0 Å². The van der Waals surface area contributed by atoms with Gasteiger partial charge in [0.2, 0.25) is 0 Å². The lowest BCUT2D eigenvalue weighted by molar-refractivity contribution is 0.0190. The van der Waals surface area contributed by atoms with E-state index in [0.717, 1.165) is 26.2 Å². The summed E-state index contributed by atoms with van der Waals surface area (Å²) in [6, 6.07) is 2.71. The van der Waals surface area contributed by atoms with Gasteiger partial charge >= 0.3 is 0 Å². The van der Waals surface area contributed by atoms with Crippen molar-refractivity contribution < 1.29 is 9.84 Å². The maximum Gasteiger partial charge on any atom is 0.0900 e. The molecule has 2 atom stereocenters. The summed E-state index contributed by atoms with van der Waals surface area (Å²) in [5.74, 6) is 0. The van der Waals surface area contributed by atoms with Gasteiger partial charge in [-0.05, 0) is 29.3 Å². The minimum absolute atomic E-state index is 0.370. The molecule has 108 valence electrons. The molecule has 0 radical (unpaired) electrons. The van der Waals surface area contributed by atoms with Gasteiger partial charge in [-0.1, -0.05) is 0 Å². The molecule has 4 nitrogen and oxygen atoms in total. The topological polar surface area (TPSA) is 35.9 Å². The van der Waals surface area contributed by atoms with E-state index < -0.39 is 0 Å². The third-order valence-corrected chi connectivity index (χ3v) is 4.51. The van der Waals surface area contributed by atoms with Gasteiger partial charge in [-0.3, -0.25) is 9.80 Å². The number of β-amino-alcohol motifs (C(OH)–C–C–N with tert-alkyl or cyclic N) is 1. The molecule has 0 aromatic carbocycles. The van der Waals surface area contributed by atoms with Gasteiger partial charge in [-0.25, -0.2) is 0 Å². The number of methoxy groups -OCH3 is 1. The summed E-state index contributed by atoms with van der Waals surface area (Å²) in [4.78, 5) is 4.84. The Balaban J connectivity index is 1.76. The van der Waals surface area contributed by atoms with Gasteiger partial charge in [0.1, 0.15) is 0 Å². The molecule has 1 saturated heterocycles. The third-order valence-electron chi connectivity index (χ3n) is 3.81. The highest BCUT2D eigenvalue weighted by molar-refractivity contribution is 7.07. The van der Waals surface area contributed by atoms with E-state index in [9.17, 15) is 5.11 Å². The van der Waals surface area contributed by atoms with Gasteiger partial charge in [0.15, 0.2) is 0 Å². The van der Waals surface area contributed by atoms with Crippen molar-refractivity contribution >= 4 is 11.3 Å². The van der Waals surface area contributed by atoms with Gasteiger partial charge in [0, 0.05) is 45.9 Å². The number of nitrogens with zero attached hydrogens (tertiary/aromatic N) is 2. The summed E-state index contributed by atoms with van der Waals surface area (Å²) in [6.45, 7) is 7.59. The van der Waals surface area contributed by atoms with Crippen LogP contribution >= 0.6 is 11.3 Å². The van der Waals surface area contributed by atoms with Crippen LogP contribution in [0.5, 0.6) is 0 Å². The number of hydrogen-bond acceptors (Lipinski definition) is 5. The number of ether oxygens (including phenoxy) is 1. The Kier molecular flexibility index (Phi) is 5.78. The first-order valence-electron chi connectivity index (χ1n) is 6.86. The van der Waals surface area contributed by atoms with Crippen molar-refractivity contribution in [3.63, 3.8) is 0 Å². The lowest BCUT2D eigenvalue weighted by Gasteiger charge is -2.38. The first kappa shape index (κ1) is 14.9. The fourth-order valence-electron chi connectivity index (χ4n) is 2.60. The van der Waals surface area contributed by atoms with Crippen molar-refractivity contribution in [3.05, 3.63) is 22.4 Å². The minimum Gasteiger partial charge on any atom is -0.389 e. The molecule has 0 amide bonds. The number of aliphatic hydroxyl groups is 1.